The molecule has 0 unspecified atom stereocenters. The summed E-state index contributed by atoms with van der Waals surface area (Å²) < 4.78 is 4.40. The van der Waals surface area contributed by atoms with Gasteiger partial charge < -0.3 is 9.17 Å². The van der Waals surface area contributed by atoms with Crippen LogP contribution in [0.25, 0.3) is 0 Å². The molecule has 0 fully saturated rings. The van der Waals surface area contributed by atoms with Crippen LogP contribution < -0.4 is 9.74 Å². The first-order valence-corrected chi connectivity index (χ1v) is 2.70. The predicted octanol–water partition coefficient (Wildman–Crippen LogP) is 0.599. The molecule has 9 heavy (non-hydrogen) atoms. The van der Waals surface area contributed by atoms with E-state index in [2.05, 4.69) is 22.1 Å². The molecule has 1 aromatic rings. The Hall–Kier alpha value is -0.900. The van der Waals surface area contributed by atoms with Crippen LogP contribution in [0.1, 0.15) is 0 Å². The predicted molar refractivity (Wildman–Crippen MR) is 36.7 cm³/mol. The summed E-state index contributed by atoms with van der Waals surface area (Å²) in [6.45, 7) is 0. The molecule has 0 amide bonds. The van der Waals surface area contributed by atoms with Crippen molar-refractivity contribution in [1.82, 2.24) is 4.98 Å². The van der Waals surface area contributed by atoms with Crippen LogP contribution in [-0.2, 0) is 0 Å². The first-order chi connectivity index (χ1) is 4.34. The van der Waals surface area contributed by atoms with E-state index in [9.17, 15) is 4.79 Å². The number of hydrogen-bond donors (Lipinski definition) is 2. The Balaban J connectivity index is 3.16. The van der Waals surface area contributed by atoms with E-state index in [0.29, 0.717) is 0 Å². The van der Waals surface area contributed by atoms with Crippen LogP contribution >= 0.6 is 12.9 Å². The molecule has 0 aliphatic carbocycles. The van der Waals surface area contributed by atoms with Crippen molar-refractivity contribution in [3.63, 3.8) is 0 Å². The summed E-state index contributed by atoms with van der Waals surface area (Å²) in [5.74, 6) is 0.209. The Kier molecular flexibility index (Phi) is 1.79. The minimum absolute atomic E-state index is 0.209. The van der Waals surface area contributed by atoms with E-state index in [1.165, 1.54) is 12.3 Å². The van der Waals surface area contributed by atoms with Gasteiger partial charge in [0.05, 0.1) is 0 Å². The van der Waals surface area contributed by atoms with Gasteiger partial charge in [0.2, 0.25) is 5.75 Å². The normalized spacial score (nSPS) is 9.00. The molecule has 1 rings (SSSR count). The van der Waals surface area contributed by atoms with Gasteiger partial charge in [0.15, 0.2) is 0 Å². The molecule has 1 N–H and O–H groups in total. The molecule has 3 nitrogen and oxygen atoms in total. The van der Waals surface area contributed by atoms with Crippen LogP contribution in [-0.4, -0.2) is 4.98 Å². The van der Waals surface area contributed by atoms with Crippen LogP contribution in [0.15, 0.2) is 23.1 Å². The lowest BCUT2D eigenvalue weighted by Crippen LogP contribution is -2.04. The molecule has 0 saturated heterocycles. The number of nitrogens with one attached hydrogen (secondary N) is 1. The molecule has 0 atom stereocenters. The van der Waals surface area contributed by atoms with Crippen LogP contribution in [0.5, 0.6) is 5.75 Å². The van der Waals surface area contributed by atoms with Crippen molar-refractivity contribution in [2.75, 3.05) is 0 Å². The van der Waals surface area contributed by atoms with E-state index in [-0.39, 0.29) is 11.3 Å². The van der Waals surface area contributed by atoms with Crippen molar-refractivity contribution in [3.8, 4) is 5.75 Å². The number of thiol groups is 1. The largest absolute Gasteiger partial charge is 0.423 e. The van der Waals surface area contributed by atoms with Crippen molar-refractivity contribution < 1.29 is 4.18 Å². The van der Waals surface area contributed by atoms with E-state index < -0.39 is 0 Å². The van der Waals surface area contributed by atoms with Crippen molar-refractivity contribution in [1.29, 1.82) is 0 Å². The van der Waals surface area contributed by atoms with E-state index in [1.54, 1.807) is 6.07 Å². The SMILES string of the molecule is O=c1[nH]cccc1OS. The molecule has 48 valence electrons. The molecular formula is C5H5NO2S. The van der Waals surface area contributed by atoms with Crippen LogP contribution in [0, 0.1) is 0 Å². The summed E-state index contributed by atoms with van der Waals surface area (Å²) >= 11 is 3.46. The lowest BCUT2D eigenvalue weighted by atomic mass is 10.5. The van der Waals surface area contributed by atoms with Gasteiger partial charge >= 0.3 is 0 Å². The maximum atomic E-state index is 10.6. The van der Waals surface area contributed by atoms with Crippen LogP contribution in [0.3, 0.4) is 0 Å². The quantitative estimate of drug-likeness (QED) is 0.446. The van der Waals surface area contributed by atoms with E-state index in [1.807, 2.05) is 0 Å². The fourth-order valence-electron chi connectivity index (χ4n) is 0.478. The van der Waals surface area contributed by atoms with Gasteiger partial charge in [-0.05, 0) is 12.1 Å². The average Bonchev–Trinajstić information content (AvgIpc) is 1.89. The van der Waals surface area contributed by atoms with Crippen LogP contribution in [0.4, 0.5) is 0 Å². The molecular weight excluding hydrogens is 138 g/mol. The molecule has 0 aromatic carbocycles. The summed E-state index contributed by atoms with van der Waals surface area (Å²) in [4.78, 5) is 13.0. The van der Waals surface area contributed by atoms with Crippen molar-refractivity contribution in [3.05, 3.63) is 28.7 Å². The zero-order chi connectivity index (χ0) is 6.69. The monoisotopic (exact) mass is 143 g/mol. The zero-order valence-electron chi connectivity index (χ0n) is 4.50. The second-order valence-corrected chi connectivity index (χ2v) is 1.64. The molecule has 0 aliphatic rings. The van der Waals surface area contributed by atoms with E-state index in [0.717, 1.165) is 0 Å². The highest BCUT2D eigenvalue weighted by Crippen LogP contribution is 1.99. The lowest BCUT2D eigenvalue weighted by molar-refractivity contribution is 0.645. The summed E-state index contributed by atoms with van der Waals surface area (Å²) in [5, 5.41) is 0. The minimum Gasteiger partial charge on any atom is -0.423 e. The molecule has 0 radical (unpaired) electrons. The lowest BCUT2D eigenvalue weighted by Gasteiger charge is -1.91. The Bertz CT molecular complexity index is 245. The summed E-state index contributed by atoms with van der Waals surface area (Å²) in [7, 11) is 0. The molecule has 0 aliphatic heterocycles. The number of rotatable bonds is 1. The number of aromatic amines is 1. The molecule has 1 aromatic heterocycles. The smallest absolute Gasteiger partial charge is 0.291 e. The molecule has 0 bridgehead atoms. The van der Waals surface area contributed by atoms with Crippen molar-refractivity contribution in [2.45, 2.75) is 0 Å². The maximum Gasteiger partial charge on any atom is 0.291 e. The Morgan fingerprint density at radius 1 is 1.67 bits per heavy atom. The molecule has 0 spiro atoms. The van der Waals surface area contributed by atoms with Gasteiger partial charge in [0.25, 0.3) is 5.56 Å². The van der Waals surface area contributed by atoms with Crippen molar-refractivity contribution in [2.24, 2.45) is 0 Å². The fraction of sp³-hybridized carbons (Fsp3) is 0. The van der Waals surface area contributed by atoms with Gasteiger partial charge in [-0.2, -0.15) is 0 Å². The highest BCUT2D eigenvalue weighted by atomic mass is 32.1. The van der Waals surface area contributed by atoms with Gasteiger partial charge in [-0.25, -0.2) is 0 Å². The second kappa shape index (κ2) is 2.59. The van der Waals surface area contributed by atoms with E-state index >= 15 is 0 Å². The summed E-state index contributed by atoms with van der Waals surface area (Å²) in [5.41, 5.74) is -0.271. The van der Waals surface area contributed by atoms with Gasteiger partial charge in [0, 0.05) is 19.1 Å². The van der Waals surface area contributed by atoms with Crippen LogP contribution in [0.2, 0.25) is 0 Å². The Labute approximate surface area is 57.3 Å². The standard InChI is InChI=1S/C5H5NO2S/c7-5-4(8-9)2-1-3-6-5/h1-3,9H,(H,6,7). The second-order valence-electron chi connectivity index (χ2n) is 1.45. The topological polar surface area (TPSA) is 42.1 Å². The van der Waals surface area contributed by atoms with E-state index in [4.69, 9.17) is 0 Å². The van der Waals surface area contributed by atoms with Gasteiger partial charge in [-0.15, -0.1) is 0 Å². The highest BCUT2D eigenvalue weighted by Gasteiger charge is 1.92. The maximum absolute atomic E-state index is 10.6. The highest BCUT2D eigenvalue weighted by molar-refractivity contribution is 7.75. The number of H-pyrrole nitrogens is 1. The third kappa shape index (κ3) is 1.26. The first-order valence-electron chi connectivity index (χ1n) is 2.33. The molecule has 1 heterocycles. The number of pyridine rings is 1. The molecule has 0 saturated carbocycles. The third-order valence-electron chi connectivity index (χ3n) is 0.880. The van der Waals surface area contributed by atoms with Crippen molar-refractivity contribution >= 4 is 12.9 Å². The first kappa shape index (κ1) is 6.22. The summed E-state index contributed by atoms with van der Waals surface area (Å²) in [6, 6.07) is 3.19. The average molecular weight is 143 g/mol. The number of hydrogen-bond acceptors (Lipinski definition) is 3. The van der Waals surface area contributed by atoms with Gasteiger partial charge in [-0.1, -0.05) is 0 Å². The molecule has 4 heteroatoms. The minimum atomic E-state index is -0.271. The third-order valence-corrected chi connectivity index (χ3v) is 1.08. The van der Waals surface area contributed by atoms with Gasteiger partial charge in [-0.3, -0.25) is 4.79 Å². The summed E-state index contributed by atoms with van der Waals surface area (Å²) in [6.07, 6.45) is 1.53. The Morgan fingerprint density at radius 2 is 2.44 bits per heavy atom. The number of aromatic nitrogens is 1. The fourth-order valence-corrected chi connectivity index (χ4v) is 0.622. The van der Waals surface area contributed by atoms with Gasteiger partial charge in [0.1, 0.15) is 0 Å². The Morgan fingerprint density at radius 3 is 2.89 bits per heavy atom. The zero-order valence-corrected chi connectivity index (χ0v) is 5.39.